The van der Waals surface area contributed by atoms with E-state index in [0.29, 0.717) is 43.5 Å². The van der Waals surface area contributed by atoms with E-state index in [9.17, 15) is 4.79 Å². The highest BCUT2D eigenvalue weighted by Crippen LogP contribution is 2.27. The van der Waals surface area contributed by atoms with Crippen molar-refractivity contribution in [2.75, 3.05) is 58.5 Å². The van der Waals surface area contributed by atoms with Gasteiger partial charge < -0.3 is 29.3 Å². The van der Waals surface area contributed by atoms with Crippen molar-refractivity contribution in [3.05, 3.63) is 30.6 Å². The molecular weight excluding hydrogens is 539 g/mol. The minimum Gasteiger partial charge on any atom is -0.496 e. The third-order valence-electron chi connectivity index (χ3n) is 5.02. The zero-order valence-corrected chi connectivity index (χ0v) is 21.9. The molecule has 11 heteroatoms. The van der Waals surface area contributed by atoms with E-state index in [4.69, 9.17) is 14.2 Å². The van der Waals surface area contributed by atoms with Gasteiger partial charge in [0.2, 0.25) is 5.91 Å². The Labute approximate surface area is 211 Å². The Kier molecular flexibility index (Phi) is 10.6. The molecule has 1 aliphatic rings. The first kappa shape index (κ1) is 26.6. The molecule has 1 aromatic heterocycles. The van der Waals surface area contributed by atoms with E-state index in [2.05, 4.69) is 15.4 Å². The minimum atomic E-state index is 0. The fourth-order valence-corrected chi connectivity index (χ4v) is 3.40. The summed E-state index contributed by atoms with van der Waals surface area (Å²) in [5, 5.41) is 7.44. The molecule has 0 unspecified atom stereocenters. The van der Waals surface area contributed by atoms with E-state index < -0.39 is 0 Å². The lowest BCUT2D eigenvalue weighted by atomic mass is 10.3. The Hall–Kier alpha value is -2.70. The highest BCUT2D eigenvalue weighted by molar-refractivity contribution is 14.0. The Morgan fingerprint density at radius 2 is 1.85 bits per heavy atom. The number of hydrogen-bond acceptors (Lipinski definition) is 6. The molecule has 1 amide bonds. The largest absolute Gasteiger partial charge is 0.496 e. The van der Waals surface area contributed by atoms with Gasteiger partial charge in [-0.05, 0) is 6.92 Å². The van der Waals surface area contributed by atoms with Crippen LogP contribution in [0.25, 0.3) is 0 Å². The van der Waals surface area contributed by atoms with Crippen molar-refractivity contribution < 1.29 is 19.0 Å². The van der Waals surface area contributed by atoms with Crippen LogP contribution >= 0.6 is 24.0 Å². The molecule has 1 fully saturated rings. The second kappa shape index (κ2) is 13.1. The van der Waals surface area contributed by atoms with Crippen LogP contribution in [0.1, 0.15) is 13.3 Å². The summed E-state index contributed by atoms with van der Waals surface area (Å²) in [6.07, 6.45) is 4.30. The van der Waals surface area contributed by atoms with Crippen molar-refractivity contribution in [2.45, 2.75) is 13.3 Å². The molecule has 10 nitrogen and oxygen atoms in total. The molecule has 0 atom stereocenters. The van der Waals surface area contributed by atoms with Crippen LogP contribution in [0.15, 0.2) is 35.6 Å². The first-order valence-corrected chi connectivity index (χ1v) is 10.7. The lowest BCUT2D eigenvalue weighted by molar-refractivity contribution is -0.120. The maximum Gasteiger partial charge on any atom is 0.246 e. The number of piperazine rings is 1. The van der Waals surface area contributed by atoms with Crippen LogP contribution < -0.4 is 24.4 Å². The molecule has 0 spiro atoms. The van der Waals surface area contributed by atoms with Crippen molar-refractivity contribution in [3.8, 4) is 17.2 Å². The fourth-order valence-electron chi connectivity index (χ4n) is 3.40. The summed E-state index contributed by atoms with van der Waals surface area (Å²) < 4.78 is 18.1. The number of ether oxygens (including phenoxy) is 3. The normalized spacial score (nSPS) is 14.1. The van der Waals surface area contributed by atoms with Gasteiger partial charge in [0.25, 0.3) is 0 Å². The molecule has 2 heterocycles. The van der Waals surface area contributed by atoms with Crippen LogP contribution in [-0.2, 0) is 11.8 Å². The topological polar surface area (TPSA) is 93.5 Å². The molecule has 0 radical (unpaired) electrons. The summed E-state index contributed by atoms with van der Waals surface area (Å²) in [6.45, 7) is 5.41. The molecular formula is C22H33IN6O4. The van der Waals surface area contributed by atoms with Crippen molar-refractivity contribution in [1.82, 2.24) is 20.0 Å². The van der Waals surface area contributed by atoms with Gasteiger partial charge in [0.1, 0.15) is 23.8 Å². The number of halogens is 1. The second-order valence-electron chi connectivity index (χ2n) is 7.33. The summed E-state index contributed by atoms with van der Waals surface area (Å²) in [4.78, 5) is 21.1. The number of benzene rings is 1. The molecule has 3 rings (SSSR count). The monoisotopic (exact) mass is 572 g/mol. The maximum atomic E-state index is 12.7. The number of nitrogens with one attached hydrogen (secondary N) is 1. The number of amides is 1. The van der Waals surface area contributed by atoms with Gasteiger partial charge in [-0.2, -0.15) is 5.10 Å². The lowest BCUT2D eigenvalue weighted by Gasteiger charge is -2.35. The van der Waals surface area contributed by atoms with Gasteiger partial charge in [-0.3, -0.25) is 14.5 Å². The molecule has 2 aromatic rings. The van der Waals surface area contributed by atoms with Crippen LogP contribution in [0.5, 0.6) is 17.2 Å². The molecule has 0 saturated carbocycles. The van der Waals surface area contributed by atoms with Gasteiger partial charge in [0, 0.05) is 64.0 Å². The molecule has 0 aliphatic carbocycles. The van der Waals surface area contributed by atoms with Gasteiger partial charge in [-0.1, -0.05) is 0 Å². The van der Waals surface area contributed by atoms with Crippen LogP contribution in [0.2, 0.25) is 0 Å². The second-order valence-corrected chi connectivity index (χ2v) is 7.33. The van der Waals surface area contributed by atoms with Crippen LogP contribution in [0, 0.1) is 0 Å². The summed E-state index contributed by atoms with van der Waals surface area (Å²) in [5.74, 6) is 2.83. The SMILES string of the molecule is CCNC(=NCCCOc1cc(OC)cc(OC)c1)N1CCN(c2cnn(C)c2)C(=O)C1.I. The Balaban J connectivity index is 0.00000385. The first-order chi connectivity index (χ1) is 15.5. The van der Waals surface area contributed by atoms with Crippen LogP contribution in [-0.4, -0.2) is 80.1 Å². The summed E-state index contributed by atoms with van der Waals surface area (Å²) in [5.41, 5.74) is 0.824. The number of rotatable bonds is 9. The van der Waals surface area contributed by atoms with Crippen LogP contribution in [0.3, 0.4) is 0 Å². The lowest BCUT2D eigenvalue weighted by Crippen LogP contribution is -2.55. The Morgan fingerprint density at radius 3 is 2.42 bits per heavy atom. The number of carbonyl (C=O) groups excluding carboxylic acids is 1. The van der Waals surface area contributed by atoms with Crippen molar-refractivity contribution in [3.63, 3.8) is 0 Å². The van der Waals surface area contributed by atoms with Crippen molar-refractivity contribution >= 4 is 41.5 Å². The number of guanidine groups is 1. The number of aryl methyl sites for hydroxylation is 1. The number of aliphatic imine (C=N–C) groups is 1. The fraction of sp³-hybridized carbons (Fsp3) is 0.500. The molecule has 33 heavy (non-hydrogen) atoms. The van der Waals surface area contributed by atoms with E-state index in [1.165, 1.54) is 0 Å². The van der Waals surface area contributed by atoms with Gasteiger partial charge >= 0.3 is 0 Å². The standard InChI is InChI=1S/C22H32N6O4.HI/c1-5-23-22(27-8-9-28(21(29)16-27)17-14-25-26(2)15-17)24-7-6-10-32-20-12-18(30-3)11-19(13-20)31-4;/h11-15H,5-10,16H2,1-4H3,(H,23,24);1H. The van der Waals surface area contributed by atoms with Gasteiger partial charge in [-0.15, -0.1) is 24.0 Å². The predicted molar refractivity (Wildman–Crippen MR) is 138 cm³/mol. The number of aromatic nitrogens is 2. The number of carbonyl (C=O) groups is 1. The summed E-state index contributed by atoms with van der Waals surface area (Å²) in [7, 11) is 5.06. The molecule has 182 valence electrons. The Morgan fingerprint density at radius 1 is 1.15 bits per heavy atom. The minimum absolute atomic E-state index is 0. The van der Waals surface area contributed by atoms with E-state index in [1.54, 1.807) is 36.1 Å². The third kappa shape index (κ3) is 7.41. The first-order valence-electron chi connectivity index (χ1n) is 10.7. The number of methoxy groups -OCH3 is 2. The summed E-state index contributed by atoms with van der Waals surface area (Å²) >= 11 is 0. The highest BCUT2D eigenvalue weighted by Gasteiger charge is 2.27. The zero-order valence-electron chi connectivity index (χ0n) is 19.6. The van der Waals surface area contributed by atoms with Crippen molar-refractivity contribution in [2.24, 2.45) is 12.0 Å². The van der Waals surface area contributed by atoms with Gasteiger partial charge in [0.15, 0.2) is 5.96 Å². The number of hydrogen-bond donors (Lipinski definition) is 1. The molecule has 0 bridgehead atoms. The molecule has 1 saturated heterocycles. The molecule has 1 N–H and O–H groups in total. The number of nitrogens with zero attached hydrogens (tertiary/aromatic N) is 5. The average molecular weight is 572 g/mol. The average Bonchev–Trinajstić information content (AvgIpc) is 3.23. The van der Waals surface area contributed by atoms with Gasteiger partial charge in [-0.25, -0.2) is 0 Å². The zero-order chi connectivity index (χ0) is 22.9. The van der Waals surface area contributed by atoms with E-state index >= 15 is 0 Å². The quantitative estimate of drug-likeness (QED) is 0.213. The van der Waals surface area contributed by atoms with E-state index in [1.807, 2.05) is 37.2 Å². The predicted octanol–water partition coefficient (Wildman–Crippen LogP) is 2.14. The van der Waals surface area contributed by atoms with E-state index in [-0.39, 0.29) is 36.4 Å². The molecule has 1 aliphatic heterocycles. The maximum absolute atomic E-state index is 12.7. The highest BCUT2D eigenvalue weighted by atomic mass is 127. The van der Waals surface area contributed by atoms with Crippen LogP contribution in [0.4, 0.5) is 5.69 Å². The molecule has 1 aromatic carbocycles. The summed E-state index contributed by atoms with van der Waals surface area (Å²) in [6, 6.07) is 5.45. The third-order valence-corrected chi connectivity index (χ3v) is 5.02. The van der Waals surface area contributed by atoms with E-state index in [0.717, 1.165) is 24.6 Å². The van der Waals surface area contributed by atoms with Crippen molar-refractivity contribution in [1.29, 1.82) is 0 Å². The smallest absolute Gasteiger partial charge is 0.246 e. The number of anilines is 1. The van der Waals surface area contributed by atoms with Gasteiger partial charge in [0.05, 0.1) is 32.7 Å². The Bertz CT molecular complexity index is 913.